The van der Waals surface area contributed by atoms with Gasteiger partial charge in [0.05, 0.1) is 22.4 Å². The van der Waals surface area contributed by atoms with Gasteiger partial charge in [-0.2, -0.15) is 0 Å². The minimum Gasteiger partial charge on any atom is -0.462 e. The first-order valence-electron chi connectivity index (χ1n) is 10.4. The molecule has 5 nitrogen and oxygen atoms in total. The number of nitrogens with one attached hydrogen (secondary N) is 1. The van der Waals surface area contributed by atoms with Crippen LogP contribution in [-0.4, -0.2) is 29.1 Å². The van der Waals surface area contributed by atoms with Gasteiger partial charge in [-0.05, 0) is 56.4 Å². The fourth-order valence-corrected chi connectivity index (χ4v) is 8.53. The van der Waals surface area contributed by atoms with E-state index in [1.54, 1.807) is 6.92 Å². The van der Waals surface area contributed by atoms with Crippen molar-refractivity contribution in [3.63, 3.8) is 0 Å². The minimum atomic E-state index is -0.824. The highest BCUT2D eigenvalue weighted by molar-refractivity contribution is 9.10. The molecule has 0 spiro atoms. The third-order valence-electron chi connectivity index (χ3n) is 8.00. The summed E-state index contributed by atoms with van der Waals surface area (Å²) in [6.07, 6.45) is 5.26. The summed E-state index contributed by atoms with van der Waals surface area (Å²) in [4.78, 5) is 40.1. The average molecular weight is 482 g/mol. The summed E-state index contributed by atoms with van der Waals surface area (Å²) in [6.45, 7) is 8.13. The van der Waals surface area contributed by atoms with Crippen LogP contribution >= 0.6 is 27.3 Å². The van der Waals surface area contributed by atoms with Gasteiger partial charge in [0, 0.05) is 10.3 Å². The fourth-order valence-electron chi connectivity index (χ4n) is 5.74. The number of amides is 1. The molecule has 3 aliphatic carbocycles. The number of rotatable bonds is 4. The number of Topliss-reactive ketones (excluding diaryl/α,β-unsaturated/α-hetero) is 1. The number of alkyl halides is 1. The monoisotopic (exact) mass is 481 g/mol. The van der Waals surface area contributed by atoms with Crippen molar-refractivity contribution in [2.75, 3.05) is 11.9 Å². The van der Waals surface area contributed by atoms with Crippen LogP contribution in [0.5, 0.6) is 0 Å². The zero-order chi connectivity index (χ0) is 21.2. The number of fused-ring (bicyclic) bond motifs is 3. The lowest BCUT2D eigenvalue weighted by Gasteiger charge is -2.39. The van der Waals surface area contributed by atoms with Gasteiger partial charge in [0.15, 0.2) is 5.78 Å². The Bertz CT molecular complexity index is 907. The van der Waals surface area contributed by atoms with Gasteiger partial charge in [-0.25, -0.2) is 4.79 Å². The molecular formula is C22H28BrNO4S. The molecule has 4 rings (SSSR count). The second-order valence-electron chi connectivity index (χ2n) is 9.24. The van der Waals surface area contributed by atoms with E-state index in [4.69, 9.17) is 4.74 Å². The van der Waals surface area contributed by atoms with Crippen LogP contribution in [0.15, 0.2) is 0 Å². The maximum atomic E-state index is 13.7. The van der Waals surface area contributed by atoms with Crippen LogP contribution in [-0.2, 0) is 27.2 Å². The average Bonchev–Trinajstić information content (AvgIpc) is 3.17. The molecule has 1 aromatic heterocycles. The van der Waals surface area contributed by atoms with E-state index in [0.29, 0.717) is 30.0 Å². The van der Waals surface area contributed by atoms with E-state index in [1.807, 2.05) is 20.8 Å². The van der Waals surface area contributed by atoms with E-state index < -0.39 is 21.1 Å². The van der Waals surface area contributed by atoms with E-state index in [-0.39, 0.29) is 17.7 Å². The predicted octanol–water partition coefficient (Wildman–Crippen LogP) is 4.90. The van der Waals surface area contributed by atoms with Gasteiger partial charge in [-0.3, -0.25) is 9.59 Å². The molecule has 1 heterocycles. The van der Waals surface area contributed by atoms with Crippen LogP contribution in [0.1, 0.15) is 74.2 Å². The third-order valence-corrected chi connectivity index (χ3v) is 10.4. The first-order chi connectivity index (χ1) is 13.6. The second kappa shape index (κ2) is 6.91. The van der Waals surface area contributed by atoms with Crippen LogP contribution < -0.4 is 5.32 Å². The van der Waals surface area contributed by atoms with Crippen LogP contribution in [0.3, 0.4) is 0 Å². The summed E-state index contributed by atoms with van der Waals surface area (Å²) in [5.41, 5.74) is -0.269. The Kier molecular flexibility index (Phi) is 5.01. The molecule has 0 unspecified atom stereocenters. The maximum Gasteiger partial charge on any atom is 0.341 e. The third kappa shape index (κ3) is 2.59. The van der Waals surface area contributed by atoms with Gasteiger partial charge in [0.2, 0.25) is 5.91 Å². The number of aryl methyl sites for hydroxylation is 1. The molecule has 0 aromatic carbocycles. The highest BCUT2D eigenvalue weighted by Crippen LogP contribution is 2.72. The van der Waals surface area contributed by atoms with E-state index in [9.17, 15) is 14.4 Å². The zero-order valence-corrected chi connectivity index (χ0v) is 19.8. The Morgan fingerprint density at radius 1 is 1.21 bits per heavy atom. The van der Waals surface area contributed by atoms with Crippen molar-refractivity contribution in [3.8, 4) is 0 Å². The summed E-state index contributed by atoms with van der Waals surface area (Å²) < 4.78 is 5.31. The lowest BCUT2D eigenvalue weighted by Crippen LogP contribution is -2.48. The Morgan fingerprint density at radius 3 is 2.52 bits per heavy atom. The van der Waals surface area contributed by atoms with Crippen LogP contribution in [0, 0.1) is 16.2 Å². The summed E-state index contributed by atoms with van der Waals surface area (Å²) in [5, 5.41) is 3.67. The van der Waals surface area contributed by atoms with Gasteiger partial charge >= 0.3 is 5.97 Å². The number of halogens is 1. The standard InChI is InChI=1S/C22H28BrNO4S/c1-5-28-18(26)14-12-8-6-7-9-13(12)29-17(14)24-19(27)22-11-10-21(4,20(22,2)3)16(25)15(22)23/h15H,5-11H2,1-4H3,(H,24,27)/t15-,21-,22-/m0/s1. The fraction of sp³-hybridized carbons (Fsp3) is 0.682. The molecule has 1 aromatic rings. The molecule has 3 aliphatic rings. The topological polar surface area (TPSA) is 72.5 Å². The summed E-state index contributed by atoms with van der Waals surface area (Å²) in [5.74, 6) is -0.420. The molecule has 2 bridgehead atoms. The molecule has 0 radical (unpaired) electrons. The Hall–Kier alpha value is -1.21. The number of esters is 1. The first kappa shape index (κ1) is 21.0. The number of hydrogen-bond acceptors (Lipinski definition) is 5. The minimum absolute atomic E-state index is 0.111. The van der Waals surface area contributed by atoms with Gasteiger partial charge in [-0.15, -0.1) is 11.3 Å². The van der Waals surface area contributed by atoms with E-state index >= 15 is 0 Å². The number of carbonyl (C=O) groups is 3. The van der Waals surface area contributed by atoms with Crippen molar-refractivity contribution >= 4 is 49.9 Å². The largest absolute Gasteiger partial charge is 0.462 e. The molecule has 7 heteroatoms. The van der Waals surface area contributed by atoms with Crippen molar-refractivity contribution in [1.82, 2.24) is 0 Å². The smallest absolute Gasteiger partial charge is 0.341 e. The van der Waals surface area contributed by atoms with Crippen LogP contribution in [0.4, 0.5) is 5.00 Å². The number of anilines is 1. The van der Waals surface area contributed by atoms with Gasteiger partial charge in [-0.1, -0.05) is 36.7 Å². The lowest BCUT2D eigenvalue weighted by atomic mass is 9.64. The molecule has 158 valence electrons. The number of thiophene rings is 1. The number of ether oxygens (including phenoxy) is 1. The predicted molar refractivity (Wildman–Crippen MR) is 117 cm³/mol. The van der Waals surface area contributed by atoms with E-state index in [2.05, 4.69) is 21.2 Å². The van der Waals surface area contributed by atoms with Crippen molar-refractivity contribution in [2.24, 2.45) is 16.2 Å². The summed E-state index contributed by atoms with van der Waals surface area (Å²) >= 11 is 5.07. The number of ketones is 1. The highest BCUT2D eigenvalue weighted by atomic mass is 79.9. The molecular weight excluding hydrogens is 454 g/mol. The SMILES string of the molecule is CCOC(=O)c1c(NC(=O)[C@]23CC[C@@](C)(C(=O)[C@@H]2Br)C3(C)C)sc2c1CCCC2. The normalized spacial score (nSPS) is 32.2. The molecule has 0 saturated heterocycles. The Labute approximate surface area is 184 Å². The van der Waals surface area contributed by atoms with Crippen LogP contribution in [0.2, 0.25) is 0 Å². The molecule has 29 heavy (non-hydrogen) atoms. The quantitative estimate of drug-likeness (QED) is 0.490. The number of hydrogen-bond donors (Lipinski definition) is 1. The molecule has 1 amide bonds. The molecule has 2 fully saturated rings. The Balaban J connectivity index is 1.74. The summed E-state index contributed by atoms with van der Waals surface area (Å²) in [7, 11) is 0. The highest BCUT2D eigenvalue weighted by Gasteiger charge is 2.76. The maximum absolute atomic E-state index is 13.7. The Morgan fingerprint density at radius 2 is 1.90 bits per heavy atom. The first-order valence-corrected chi connectivity index (χ1v) is 12.2. The zero-order valence-electron chi connectivity index (χ0n) is 17.4. The van der Waals surface area contributed by atoms with Crippen molar-refractivity contribution in [2.45, 2.75) is 71.0 Å². The van der Waals surface area contributed by atoms with Gasteiger partial charge in [0.1, 0.15) is 5.00 Å². The lowest BCUT2D eigenvalue weighted by molar-refractivity contribution is -0.130. The van der Waals surface area contributed by atoms with Gasteiger partial charge in [0.25, 0.3) is 0 Å². The second-order valence-corrected chi connectivity index (χ2v) is 11.3. The van der Waals surface area contributed by atoms with E-state index in [0.717, 1.165) is 31.2 Å². The van der Waals surface area contributed by atoms with Gasteiger partial charge < -0.3 is 10.1 Å². The van der Waals surface area contributed by atoms with Crippen molar-refractivity contribution < 1.29 is 19.1 Å². The van der Waals surface area contributed by atoms with Crippen molar-refractivity contribution in [3.05, 3.63) is 16.0 Å². The van der Waals surface area contributed by atoms with E-state index in [1.165, 1.54) is 16.2 Å². The number of carbonyl (C=O) groups excluding carboxylic acids is 3. The molecule has 0 aliphatic heterocycles. The molecule has 3 atom stereocenters. The summed E-state index contributed by atoms with van der Waals surface area (Å²) in [6, 6.07) is 0. The van der Waals surface area contributed by atoms with Crippen LogP contribution in [0.25, 0.3) is 0 Å². The molecule has 2 saturated carbocycles. The van der Waals surface area contributed by atoms with Crippen molar-refractivity contribution in [1.29, 1.82) is 0 Å². The molecule has 1 N–H and O–H groups in total.